The number of aromatic nitrogens is 2. The average molecular weight is 211 g/mol. The zero-order chi connectivity index (χ0) is 7.68. The van der Waals surface area contributed by atoms with Crippen LogP contribution in [0.3, 0.4) is 0 Å². The fourth-order valence-electron chi connectivity index (χ4n) is 1.02. The van der Waals surface area contributed by atoms with Crippen molar-refractivity contribution < 1.29 is 0 Å². The van der Waals surface area contributed by atoms with Gasteiger partial charge in [-0.2, -0.15) is 0 Å². The van der Waals surface area contributed by atoms with Gasteiger partial charge in [-0.3, -0.25) is 0 Å². The van der Waals surface area contributed by atoms with Gasteiger partial charge in [-0.25, -0.2) is 0 Å². The molecule has 0 amide bonds. The van der Waals surface area contributed by atoms with Crippen molar-refractivity contribution in [2.75, 3.05) is 0 Å². The van der Waals surface area contributed by atoms with Gasteiger partial charge in [0.15, 0.2) is 0 Å². The highest BCUT2D eigenvalue weighted by molar-refractivity contribution is 9.10. The maximum absolute atomic E-state index is 3.35. The molecule has 0 radical (unpaired) electrons. The second-order valence-corrected chi connectivity index (χ2v) is 3.16. The van der Waals surface area contributed by atoms with E-state index in [0.29, 0.717) is 0 Å². The predicted molar refractivity (Wildman–Crippen MR) is 48.3 cm³/mol. The molecular formula is C8H7BrN2. The van der Waals surface area contributed by atoms with E-state index in [1.165, 1.54) is 0 Å². The number of hydrogen-bond acceptors (Lipinski definition) is 0. The maximum Gasteiger partial charge on any atom is 0.0825 e. The van der Waals surface area contributed by atoms with E-state index in [2.05, 4.69) is 25.9 Å². The van der Waals surface area contributed by atoms with E-state index in [4.69, 9.17) is 0 Å². The first kappa shape index (κ1) is 6.73. The van der Waals surface area contributed by atoms with Gasteiger partial charge < -0.3 is 9.97 Å². The molecule has 0 fully saturated rings. The van der Waals surface area contributed by atoms with Crippen molar-refractivity contribution in [3.63, 3.8) is 0 Å². The van der Waals surface area contributed by atoms with Crippen LogP contribution in [-0.4, -0.2) is 9.97 Å². The van der Waals surface area contributed by atoms with Crippen molar-refractivity contribution in [2.24, 2.45) is 0 Å². The number of aromatic amines is 2. The lowest BCUT2D eigenvalue weighted by Crippen LogP contribution is -1.74. The van der Waals surface area contributed by atoms with E-state index in [9.17, 15) is 0 Å². The van der Waals surface area contributed by atoms with Crippen LogP contribution in [0.15, 0.2) is 35.1 Å². The lowest BCUT2D eigenvalue weighted by molar-refractivity contribution is 1.30. The van der Waals surface area contributed by atoms with Gasteiger partial charge in [0.2, 0.25) is 0 Å². The van der Waals surface area contributed by atoms with Crippen LogP contribution in [0, 0.1) is 0 Å². The molecule has 2 aromatic heterocycles. The van der Waals surface area contributed by atoms with Crippen LogP contribution in [0.1, 0.15) is 0 Å². The van der Waals surface area contributed by atoms with Crippen molar-refractivity contribution in [3.8, 4) is 11.4 Å². The number of nitrogens with one attached hydrogen (secondary N) is 2. The van der Waals surface area contributed by atoms with E-state index >= 15 is 0 Å². The second-order valence-electron chi connectivity index (χ2n) is 2.30. The van der Waals surface area contributed by atoms with Crippen molar-refractivity contribution in [3.05, 3.63) is 35.1 Å². The third-order valence-electron chi connectivity index (χ3n) is 1.54. The maximum atomic E-state index is 3.35. The van der Waals surface area contributed by atoms with Gasteiger partial charge in [-0.15, -0.1) is 0 Å². The Hall–Kier alpha value is -0.960. The minimum absolute atomic E-state index is 1.00. The molecule has 0 saturated carbocycles. The van der Waals surface area contributed by atoms with Gasteiger partial charge in [-0.05, 0) is 40.2 Å². The first-order valence-corrected chi connectivity index (χ1v) is 4.14. The standard InChI is InChI=1S/C8H7BrN2/c9-8-4-3-7(11-8)6-2-1-5-10-6/h1-5,10-11H. The Bertz CT molecular complexity index is 335. The van der Waals surface area contributed by atoms with Crippen LogP contribution in [0.2, 0.25) is 0 Å². The zero-order valence-electron chi connectivity index (χ0n) is 5.76. The normalized spacial score (nSPS) is 10.3. The molecule has 0 aromatic carbocycles. The zero-order valence-corrected chi connectivity index (χ0v) is 7.35. The summed E-state index contributed by atoms with van der Waals surface area (Å²) in [7, 11) is 0. The first-order valence-electron chi connectivity index (χ1n) is 3.34. The van der Waals surface area contributed by atoms with Crippen LogP contribution >= 0.6 is 15.9 Å². The van der Waals surface area contributed by atoms with Crippen molar-refractivity contribution >= 4 is 15.9 Å². The Morgan fingerprint density at radius 2 is 2.00 bits per heavy atom. The van der Waals surface area contributed by atoms with Crippen molar-refractivity contribution in [2.45, 2.75) is 0 Å². The first-order chi connectivity index (χ1) is 5.36. The lowest BCUT2D eigenvalue weighted by Gasteiger charge is -1.89. The van der Waals surface area contributed by atoms with E-state index in [-0.39, 0.29) is 0 Å². The Morgan fingerprint density at radius 3 is 2.55 bits per heavy atom. The van der Waals surface area contributed by atoms with E-state index in [1.54, 1.807) is 0 Å². The van der Waals surface area contributed by atoms with E-state index < -0.39 is 0 Å². The van der Waals surface area contributed by atoms with Gasteiger partial charge in [0, 0.05) is 6.20 Å². The van der Waals surface area contributed by atoms with Crippen molar-refractivity contribution in [1.82, 2.24) is 9.97 Å². The summed E-state index contributed by atoms with van der Waals surface area (Å²) in [6, 6.07) is 8.01. The number of H-pyrrole nitrogens is 2. The highest BCUT2D eigenvalue weighted by atomic mass is 79.9. The largest absolute Gasteiger partial charge is 0.360 e. The third kappa shape index (κ3) is 1.24. The molecule has 0 aliphatic heterocycles. The summed E-state index contributed by atoms with van der Waals surface area (Å²) in [6.07, 6.45) is 1.91. The monoisotopic (exact) mass is 210 g/mol. The minimum atomic E-state index is 1.00. The van der Waals surface area contributed by atoms with Crippen LogP contribution in [0.5, 0.6) is 0 Å². The Balaban J connectivity index is 2.45. The molecule has 0 aliphatic carbocycles. The van der Waals surface area contributed by atoms with E-state index in [0.717, 1.165) is 16.0 Å². The molecule has 56 valence electrons. The summed E-state index contributed by atoms with van der Waals surface area (Å²) in [6.45, 7) is 0. The summed E-state index contributed by atoms with van der Waals surface area (Å²) in [5.41, 5.74) is 2.21. The second kappa shape index (κ2) is 2.58. The molecular weight excluding hydrogens is 204 g/mol. The predicted octanol–water partition coefficient (Wildman–Crippen LogP) is 2.77. The van der Waals surface area contributed by atoms with Crippen LogP contribution in [0.4, 0.5) is 0 Å². The number of halogens is 1. The Kier molecular flexibility index (Phi) is 1.58. The molecule has 0 aliphatic rings. The van der Waals surface area contributed by atoms with Gasteiger partial charge in [0.05, 0.1) is 16.0 Å². The molecule has 2 aromatic rings. The van der Waals surface area contributed by atoms with Gasteiger partial charge >= 0.3 is 0 Å². The van der Waals surface area contributed by atoms with Gasteiger partial charge in [0.25, 0.3) is 0 Å². The fourth-order valence-corrected chi connectivity index (χ4v) is 1.37. The minimum Gasteiger partial charge on any atom is -0.360 e. The molecule has 3 heteroatoms. The SMILES string of the molecule is Brc1ccc(-c2ccc[nH]2)[nH]1. The summed E-state index contributed by atoms with van der Waals surface area (Å²) in [5.74, 6) is 0. The molecule has 0 unspecified atom stereocenters. The highest BCUT2D eigenvalue weighted by Crippen LogP contribution is 2.18. The quantitative estimate of drug-likeness (QED) is 0.726. The summed E-state index contributed by atoms with van der Waals surface area (Å²) >= 11 is 3.35. The Labute approximate surface area is 72.8 Å². The summed E-state index contributed by atoms with van der Waals surface area (Å²) in [4.78, 5) is 6.28. The molecule has 2 N–H and O–H groups in total. The molecule has 2 heterocycles. The number of rotatable bonds is 1. The molecule has 0 saturated heterocycles. The molecule has 2 rings (SSSR count). The molecule has 2 nitrogen and oxygen atoms in total. The third-order valence-corrected chi connectivity index (χ3v) is 2.00. The Morgan fingerprint density at radius 1 is 1.09 bits per heavy atom. The lowest BCUT2D eigenvalue weighted by atomic mass is 10.3. The molecule has 11 heavy (non-hydrogen) atoms. The van der Waals surface area contributed by atoms with Crippen LogP contribution < -0.4 is 0 Å². The van der Waals surface area contributed by atoms with Gasteiger partial charge in [0.1, 0.15) is 0 Å². The smallest absolute Gasteiger partial charge is 0.0825 e. The van der Waals surface area contributed by atoms with Crippen LogP contribution in [0.25, 0.3) is 11.4 Å². The van der Waals surface area contributed by atoms with Crippen molar-refractivity contribution in [1.29, 1.82) is 0 Å². The number of hydrogen-bond donors (Lipinski definition) is 2. The fraction of sp³-hybridized carbons (Fsp3) is 0. The van der Waals surface area contributed by atoms with Crippen LogP contribution in [-0.2, 0) is 0 Å². The topological polar surface area (TPSA) is 31.6 Å². The summed E-state index contributed by atoms with van der Waals surface area (Å²) < 4.78 is 1.00. The molecule has 0 spiro atoms. The van der Waals surface area contributed by atoms with Gasteiger partial charge in [-0.1, -0.05) is 0 Å². The molecule has 0 atom stereocenters. The molecule has 0 bridgehead atoms. The average Bonchev–Trinajstić information content (AvgIpc) is 2.55. The summed E-state index contributed by atoms with van der Waals surface area (Å²) in [5, 5.41) is 0. The highest BCUT2D eigenvalue weighted by Gasteiger charge is 1.98. The van der Waals surface area contributed by atoms with E-state index in [1.807, 2.05) is 30.5 Å².